The van der Waals surface area contributed by atoms with Crippen molar-refractivity contribution in [3.05, 3.63) is 139 Å². The van der Waals surface area contributed by atoms with Crippen LogP contribution in [0.3, 0.4) is 0 Å². The number of carbonyl (C=O) groups is 6. The maximum Gasteiger partial charge on any atom is 0.343 e. The van der Waals surface area contributed by atoms with Gasteiger partial charge >= 0.3 is 35.8 Å². The molecule has 432 valence electrons. The predicted octanol–water partition coefficient (Wildman–Crippen LogP) is 12.0. The van der Waals surface area contributed by atoms with Gasteiger partial charge in [-0.1, -0.05) is 120 Å². The van der Waals surface area contributed by atoms with E-state index in [-0.39, 0.29) is 37.4 Å². The lowest BCUT2D eigenvalue weighted by atomic mass is 9.73. The Morgan fingerprint density at radius 1 is 0.650 bits per heavy atom. The van der Waals surface area contributed by atoms with E-state index in [9.17, 15) is 28.8 Å². The van der Waals surface area contributed by atoms with E-state index >= 15 is 0 Å². The van der Waals surface area contributed by atoms with Gasteiger partial charge in [0, 0.05) is 24.3 Å². The van der Waals surface area contributed by atoms with Crippen LogP contribution in [0.2, 0.25) is 0 Å². The van der Waals surface area contributed by atoms with Crippen molar-refractivity contribution in [2.45, 2.75) is 160 Å². The highest BCUT2D eigenvalue weighted by Gasteiger charge is 2.50. The summed E-state index contributed by atoms with van der Waals surface area (Å²) >= 11 is 0. The Kier molecular flexibility index (Phi) is 24.7. The van der Waals surface area contributed by atoms with Crippen molar-refractivity contribution in [1.82, 2.24) is 0 Å². The quantitative estimate of drug-likeness (QED) is 0.0402. The van der Waals surface area contributed by atoms with Crippen molar-refractivity contribution >= 4 is 41.9 Å². The lowest BCUT2D eigenvalue weighted by molar-refractivity contribution is -0.157. The SMILES string of the molecule is C=CC(=O)O[C@H](CCCCC)CC[C@]1(OC(=O)C=C)C[C@H]2Cc3cccc(OCC(=O)OC)c3C[C@H]2C1.C=Cc1ccccc1.CCCCC[C@H]1CC[C@@H]2[C@H]3Cc4cccc(OCC(=O)OC)c4C[C@H]3C[C@H]2OC(=O)/C=C\C(=O)O1. The van der Waals surface area contributed by atoms with Crippen molar-refractivity contribution in [1.29, 1.82) is 0 Å². The minimum atomic E-state index is -0.640. The first-order valence-corrected chi connectivity index (χ1v) is 28.8. The number of cyclic esters (lactones) is 1. The van der Waals surface area contributed by atoms with Gasteiger partial charge in [-0.3, -0.25) is 0 Å². The van der Waals surface area contributed by atoms with Crippen LogP contribution in [0.1, 0.15) is 138 Å². The molecule has 2 saturated carbocycles. The second-order valence-electron chi connectivity index (χ2n) is 21.7. The van der Waals surface area contributed by atoms with Crippen molar-refractivity contribution in [3.8, 4) is 11.5 Å². The number of carbonyl (C=O) groups excluding carboxylic acids is 6. The molecule has 14 heteroatoms. The Bertz CT molecular complexity index is 2600. The second kappa shape index (κ2) is 31.7. The van der Waals surface area contributed by atoms with Crippen LogP contribution >= 0.6 is 0 Å². The van der Waals surface area contributed by atoms with Gasteiger partial charge in [0.1, 0.15) is 35.4 Å². The Morgan fingerprint density at radius 3 is 1.82 bits per heavy atom. The minimum absolute atomic E-state index is 0.117. The number of rotatable bonds is 22. The van der Waals surface area contributed by atoms with Gasteiger partial charge in [0.05, 0.1) is 14.2 Å². The molecule has 0 aromatic heterocycles. The number of hydrogen-bond donors (Lipinski definition) is 0. The second-order valence-corrected chi connectivity index (χ2v) is 21.7. The van der Waals surface area contributed by atoms with Crippen LogP contribution in [0, 0.1) is 29.6 Å². The van der Waals surface area contributed by atoms with Gasteiger partial charge in [-0.2, -0.15) is 0 Å². The molecule has 0 unspecified atom stereocenters. The zero-order chi connectivity index (χ0) is 57.4. The molecular weight excluding hydrogens is 1020 g/mol. The normalized spacial score (nSPS) is 24.0. The monoisotopic (exact) mass is 1100 g/mol. The molecule has 3 aromatic carbocycles. The summed E-state index contributed by atoms with van der Waals surface area (Å²) in [5.74, 6) is 0.415. The minimum Gasteiger partial charge on any atom is -0.482 e. The molecule has 0 N–H and O–H groups in total. The van der Waals surface area contributed by atoms with Crippen LogP contribution < -0.4 is 9.47 Å². The third-order valence-corrected chi connectivity index (χ3v) is 16.5. The van der Waals surface area contributed by atoms with Crippen LogP contribution in [0.15, 0.2) is 111 Å². The van der Waals surface area contributed by atoms with Crippen LogP contribution in [0.4, 0.5) is 0 Å². The summed E-state index contributed by atoms with van der Waals surface area (Å²) in [4.78, 5) is 72.2. The Balaban J connectivity index is 0.000000226. The molecule has 0 radical (unpaired) electrons. The molecule has 1 aliphatic heterocycles. The zero-order valence-corrected chi connectivity index (χ0v) is 47.5. The number of methoxy groups -OCH3 is 2. The van der Waals surface area contributed by atoms with Gasteiger partial charge in [-0.05, 0) is 166 Å². The molecule has 14 nitrogen and oxygen atoms in total. The first-order valence-electron chi connectivity index (χ1n) is 28.8. The van der Waals surface area contributed by atoms with Crippen molar-refractivity contribution in [3.63, 3.8) is 0 Å². The fraction of sp³-hybridized carbons (Fsp3) is 0.515. The molecule has 0 bridgehead atoms. The van der Waals surface area contributed by atoms with Crippen LogP contribution in [0.5, 0.6) is 11.5 Å². The molecule has 5 aliphatic rings. The van der Waals surface area contributed by atoms with Gasteiger partial charge in [0.2, 0.25) is 0 Å². The molecule has 0 amide bonds. The van der Waals surface area contributed by atoms with Crippen LogP contribution in [-0.4, -0.2) is 87.2 Å². The summed E-state index contributed by atoms with van der Waals surface area (Å²) in [5, 5.41) is 0. The van der Waals surface area contributed by atoms with E-state index in [2.05, 4.69) is 45.7 Å². The number of hydrogen-bond acceptors (Lipinski definition) is 14. The average molecular weight is 1100 g/mol. The van der Waals surface area contributed by atoms with Crippen molar-refractivity contribution in [2.75, 3.05) is 27.4 Å². The summed E-state index contributed by atoms with van der Waals surface area (Å²) in [6.45, 7) is 14.8. The number of fused-ring (bicyclic) bond motifs is 6. The molecule has 0 spiro atoms. The van der Waals surface area contributed by atoms with E-state index in [4.69, 9.17) is 37.9 Å². The summed E-state index contributed by atoms with van der Waals surface area (Å²) < 4.78 is 44.3. The molecule has 2 fully saturated rings. The first kappa shape index (κ1) is 62.2. The highest BCUT2D eigenvalue weighted by atomic mass is 16.6. The number of benzene rings is 3. The van der Waals surface area contributed by atoms with E-state index < -0.39 is 41.4 Å². The topological polar surface area (TPSA) is 176 Å². The van der Waals surface area contributed by atoms with E-state index in [1.54, 1.807) is 0 Å². The van der Waals surface area contributed by atoms with Crippen molar-refractivity contribution < 1.29 is 66.7 Å². The fourth-order valence-corrected chi connectivity index (χ4v) is 12.5. The lowest BCUT2D eigenvalue weighted by Crippen LogP contribution is -2.34. The molecule has 9 atom stereocenters. The molecule has 1 heterocycles. The fourth-order valence-electron chi connectivity index (χ4n) is 12.5. The standard InChI is InChI=1S/C30H40O7.C28H36O7.C8H8/c1-5-8-9-12-24(36-27(31)6-2)14-15-30(37-28(32)7-3)18-22-16-21-11-10-13-26(35-20-29(33)34-4)25(21)17-23(22)19-30;1-3-4-5-8-20-10-11-21-22-14-18-7-6-9-24(33-17-28(31)32-2)23(18)15-19(22)16-25(21)35-27(30)13-12-26(29)34-20;1-2-8-6-4-3-5-7-8/h6-7,10-11,13,22-24H,2-3,5,8-9,12,14-20H2,1,4H3;6-7,9,12-13,19-22,25H,3-5,8,10-11,14-17H2,1-2H3;2-7H,1H2/b;13-12-;/t22-,23+,24-,30+;19-,20-,21+,22-,25+;/m10./s1. The zero-order valence-electron chi connectivity index (χ0n) is 47.5. The third kappa shape index (κ3) is 18.3. The van der Waals surface area contributed by atoms with E-state index in [0.717, 1.165) is 126 Å². The molecule has 8 rings (SSSR count). The molecule has 0 saturated heterocycles. The van der Waals surface area contributed by atoms with Crippen molar-refractivity contribution in [2.24, 2.45) is 29.6 Å². The Hall–Kier alpha value is -6.96. The van der Waals surface area contributed by atoms with Gasteiger partial charge < -0.3 is 37.9 Å². The molecular formula is C66H84O14. The largest absolute Gasteiger partial charge is 0.482 e. The predicted molar refractivity (Wildman–Crippen MR) is 305 cm³/mol. The number of esters is 6. The summed E-state index contributed by atoms with van der Waals surface area (Å²) in [5.41, 5.74) is 5.20. The lowest BCUT2D eigenvalue weighted by Gasteiger charge is -2.33. The summed E-state index contributed by atoms with van der Waals surface area (Å²) in [6.07, 6.45) is 22.5. The van der Waals surface area contributed by atoms with Gasteiger partial charge in [-0.25, -0.2) is 28.8 Å². The maximum absolute atomic E-state index is 12.5. The van der Waals surface area contributed by atoms with E-state index in [0.29, 0.717) is 42.3 Å². The van der Waals surface area contributed by atoms with Crippen LogP contribution in [0.25, 0.3) is 6.08 Å². The Morgan fingerprint density at radius 2 is 1.24 bits per heavy atom. The maximum atomic E-state index is 12.5. The summed E-state index contributed by atoms with van der Waals surface area (Å²) in [7, 11) is 2.69. The molecule has 4 aliphatic carbocycles. The first-order chi connectivity index (χ1) is 38.7. The van der Waals surface area contributed by atoms with Crippen LogP contribution in [-0.2, 0) is 82.9 Å². The van der Waals surface area contributed by atoms with E-state index in [1.807, 2.05) is 60.7 Å². The highest BCUT2D eigenvalue weighted by Crippen LogP contribution is 2.52. The van der Waals surface area contributed by atoms with Gasteiger partial charge in [0.25, 0.3) is 0 Å². The Labute approximate surface area is 473 Å². The van der Waals surface area contributed by atoms with E-state index in [1.165, 1.54) is 55.2 Å². The smallest absolute Gasteiger partial charge is 0.343 e. The summed E-state index contributed by atoms with van der Waals surface area (Å²) in [6, 6.07) is 21.9. The number of ether oxygens (including phenoxy) is 8. The number of unbranched alkanes of at least 4 members (excludes halogenated alkanes) is 4. The average Bonchev–Trinajstić information content (AvgIpc) is 4.01. The van der Waals surface area contributed by atoms with Gasteiger partial charge in [0.15, 0.2) is 13.2 Å². The molecule has 80 heavy (non-hydrogen) atoms. The molecule has 3 aromatic rings. The third-order valence-electron chi connectivity index (χ3n) is 16.5. The highest BCUT2D eigenvalue weighted by molar-refractivity contribution is 5.92. The van der Waals surface area contributed by atoms with Gasteiger partial charge in [-0.15, -0.1) is 0 Å².